The largest absolute Gasteiger partial charge is 0.349 e. The maximum atomic E-state index is 12.3. The molecule has 126 valence electrons. The minimum Gasteiger partial charge on any atom is -0.349 e. The third-order valence-electron chi connectivity index (χ3n) is 4.04. The molecule has 0 radical (unpaired) electrons. The van der Waals surface area contributed by atoms with Crippen LogP contribution in [0.15, 0.2) is 18.3 Å². The van der Waals surface area contributed by atoms with E-state index < -0.39 is 0 Å². The van der Waals surface area contributed by atoms with Gasteiger partial charge in [0.25, 0.3) is 11.8 Å². The van der Waals surface area contributed by atoms with Gasteiger partial charge in [-0.05, 0) is 39.1 Å². The van der Waals surface area contributed by atoms with Gasteiger partial charge in [0, 0.05) is 30.9 Å². The van der Waals surface area contributed by atoms with E-state index >= 15 is 0 Å². The van der Waals surface area contributed by atoms with Crippen molar-refractivity contribution in [2.45, 2.75) is 38.1 Å². The fraction of sp³-hybridized carbons (Fsp3) is 0.588. The summed E-state index contributed by atoms with van der Waals surface area (Å²) in [5.74, 6) is -0.374. The van der Waals surface area contributed by atoms with Crippen LogP contribution in [0.2, 0.25) is 0 Å². The van der Waals surface area contributed by atoms with E-state index in [9.17, 15) is 9.59 Å². The molecule has 0 aromatic carbocycles. The Balaban J connectivity index is 1.92. The molecule has 0 atom stereocenters. The standard InChI is InChI=1S/C17H26N4O2/c1-21(2)11-10-19-17(23)15-12-13(8-9-18-15)16(22)20-14-6-4-3-5-7-14/h8-9,12,14H,3-7,10-11H2,1-2H3,(H,19,23)(H,20,22). The molecule has 0 aliphatic heterocycles. The lowest BCUT2D eigenvalue weighted by Gasteiger charge is -2.22. The van der Waals surface area contributed by atoms with Crippen LogP contribution in [0, 0.1) is 0 Å². The first-order valence-electron chi connectivity index (χ1n) is 8.26. The molecule has 1 fully saturated rings. The first-order chi connectivity index (χ1) is 11.1. The summed E-state index contributed by atoms with van der Waals surface area (Å²) in [6.07, 6.45) is 7.17. The van der Waals surface area contributed by atoms with E-state index in [4.69, 9.17) is 0 Å². The number of likely N-dealkylation sites (N-methyl/N-ethyl adjacent to an activating group) is 1. The average Bonchev–Trinajstić information content (AvgIpc) is 2.55. The second-order valence-corrected chi connectivity index (χ2v) is 6.30. The zero-order chi connectivity index (χ0) is 16.7. The maximum Gasteiger partial charge on any atom is 0.269 e. The molecule has 2 amide bonds. The average molecular weight is 318 g/mol. The van der Waals surface area contributed by atoms with E-state index in [1.165, 1.54) is 25.5 Å². The molecule has 1 saturated carbocycles. The third-order valence-corrected chi connectivity index (χ3v) is 4.04. The van der Waals surface area contributed by atoms with Crippen molar-refractivity contribution in [3.63, 3.8) is 0 Å². The first-order valence-corrected chi connectivity index (χ1v) is 8.26. The normalized spacial score (nSPS) is 15.4. The van der Waals surface area contributed by atoms with Crippen LogP contribution < -0.4 is 10.6 Å². The van der Waals surface area contributed by atoms with Crippen molar-refractivity contribution in [3.8, 4) is 0 Å². The van der Waals surface area contributed by atoms with Crippen molar-refractivity contribution in [2.24, 2.45) is 0 Å². The highest BCUT2D eigenvalue weighted by atomic mass is 16.2. The van der Waals surface area contributed by atoms with E-state index in [1.807, 2.05) is 19.0 Å². The predicted molar refractivity (Wildman–Crippen MR) is 89.5 cm³/mol. The van der Waals surface area contributed by atoms with Crippen molar-refractivity contribution < 1.29 is 9.59 Å². The molecule has 1 aromatic heterocycles. The monoisotopic (exact) mass is 318 g/mol. The Labute approximate surface area is 137 Å². The van der Waals surface area contributed by atoms with Crippen LogP contribution in [0.1, 0.15) is 53.0 Å². The summed E-state index contributed by atoms with van der Waals surface area (Å²) in [4.78, 5) is 30.4. The number of nitrogens with one attached hydrogen (secondary N) is 2. The molecule has 0 unspecified atom stereocenters. The fourth-order valence-electron chi connectivity index (χ4n) is 2.70. The van der Waals surface area contributed by atoms with Crippen LogP contribution in [0.4, 0.5) is 0 Å². The Morgan fingerprint density at radius 3 is 2.65 bits per heavy atom. The summed E-state index contributed by atoms with van der Waals surface area (Å²) in [6, 6.07) is 3.46. The number of pyridine rings is 1. The third kappa shape index (κ3) is 5.63. The van der Waals surface area contributed by atoms with E-state index in [1.54, 1.807) is 12.1 Å². The van der Waals surface area contributed by atoms with Gasteiger partial charge in [0.15, 0.2) is 0 Å². The summed E-state index contributed by atoms with van der Waals surface area (Å²) in [7, 11) is 3.89. The maximum absolute atomic E-state index is 12.3. The Kier molecular flexibility index (Phi) is 6.52. The number of hydrogen-bond acceptors (Lipinski definition) is 4. The number of carbonyl (C=O) groups excluding carboxylic acids is 2. The van der Waals surface area contributed by atoms with E-state index in [2.05, 4.69) is 15.6 Å². The molecule has 6 nitrogen and oxygen atoms in total. The van der Waals surface area contributed by atoms with Crippen LogP contribution in [-0.2, 0) is 0 Å². The Morgan fingerprint density at radius 2 is 1.96 bits per heavy atom. The Hall–Kier alpha value is -1.95. The Morgan fingerprint density at radius 1 is 1.22 bits per heavy atom. The smallest absolute Gasteiger partial charge is 0.269 e. The zero-order valence-electron chi connectivity index (χ0n) is 14.0. The summed E-state index contributed by atoms with van der Waals surface area (Å²) >= 11 is 0. The predicted octanol–water partition coefficient (Wildman–Crippen LogP) is 1.44. The second-order valence-electron chi connectivity index (χ2n) is 6.30. The van der Waals surface area contributed by atoms with Crippen LogP contribution in [-0.4, -0.2) is 54.9 Å². The van der Waals surface area contributed by atoms with Crippen LogP contribution in [0.3, 0.4) is 0 Å². The molecule has 1 heterocycles. The van der Waals surface area contributed by atoms with Gasteiger partial charge in [-0.25, -0.2) is 0 Å². The molecule has 1 aliphatic carbocycles. The van der Waals surface area contributed by atoms with Gasteiger partial charge in [-0.1, -0.05) is 19.3 Å². The number of carbonyl (C=O) groups is 2. The van der Waals surface area contributed by atoms with E-state index in [-0.39, 0.29) is 23.6 Å². The van der Waals surface area contributed by atoms with Crippen molar-refractivity contribution >= 4 is 11.8 Å². The number of amides is 2. The highest BCUT2D eigenvalue weighted by Crippen LogP contribution is 2.17. The van der Waals surface area contributed by atoms with Gasteiger partial charge in [0.05, 0.1) is 0 Å². The fourth-order valence-corrected chi connectivity index (χ4v) is 2.70. The Bertz CT molecular complexity index is 539. The quantitative estimate of drug-likeness (QED) is 0.832. The molecule has 6 heteroatoms. The van der Waals surface area contributed by atoms with Gasteiger partial charge in [0.1, 0.15) is 5.69 Å². The highest BCUT2D eigenvalue weighted by Gasteiger charge is 2.17. The number of rotatable bonds is 6. The molecular weight excluding hydrogens is 292 g/mol. The van der Waals surface area contributed by atoms with Gasteiger partial charge < -0.3 is 15.5 Å². The van der Waals surface area contributed by atoms with Crippen LogP contribution >= 0.6 is 0 Å². The lowest BCUT2D eigenvalue weighted by atomic mass is 9.95. The van der Waals surface area contributed by atoms with Crippen LogP contribution in [0.5, 0.6) is 0 Å². The number of hydrogen-bond donors (Lipinski definition) is 2. The van der Waals surface area contributed by atoms with Crippen molar-refractivity contribution in [1.29, 1.82) is 0 Å². The molecule has 1 aromatic rings. The molecule has 2 N–H and O–H groups in total. The van der Waals surface area contributed by atoms with Gasteiger partial charge in [0.2, 0.25) is 0 Å². The van der Waals surface area contributed by atoms with E-state index in [0.29, 0.717) is 12.1 Å². The molecule has 1 aliphatic rings. The molecule has 0 spiro atoms. The second kappa shape index (κ2) is 8.62. The van der Waals surface area contributed by atoms with Gasteiger partial charge in [-0.3, -0.25) is 14.6 Å². The summed E-state index contributed by atoms with van der Waals surface area (Å²) in [5, 5.41) is 5.86. The number of aromatic nitrogens is 1. The molecule has 2 rings (SSSR count). The van der Waals surface area contributed by atoms with Crippen molar-refractivity contribution in [3.05, 3.63) is 29.6 Å². The van der Waals surface area contributed by atoms with Gasteiger partial charge >= 0.3 is 0 Å². The van der Waals surface area contributed by atoms with Crippen LogP contribution in [0.25, 0.3) is 0 Å². The highest BCUT2D eigenvalue weighted by molar-refractivity contribution is 5.98. The van der Waals surface area contributed by atoms with Gasteiger partial charge in [-0.2, -0.15) is 0 Å². The zero-order valence-corrected chi connectivity index (χ0v) is 14.0. The van der Waals surface area contributed by atoms with E-state index in [0.717, 1.165) is 19.4 Å². The lowest BCUT2D eigenvalue weighted by molar-refractivity contribution is 0.0927. The van der Waals surface area contributed by atoms with Crippen molar-refractivity contribution in [1.82, 2.24) is 20.5 Å². The number of nitrogens with zero attached hydrogens (tertiary/aromatic N) is 2. The lowest BCUT2D eigenvalue weighted by Crippen LogP contribution is -2.36. The SMILES string of the molecule is CN(C)CCNC(=O)c1cc(C(=O)NC2CCCCC2)ccn1. The topological polar surface area (TPSA) is 74.3 Å². The summed E-state index contributed by atoms with van der Waals surface area (Å²) < 4.78 is 0. The summed E-state index contributed by atoms with van der Waals surface area (Å²) in [5.41, 5.74) is 0.767. The van der Waals surface area contributed by atoms with Gasteiger partial charge in [-0.15, -0.1) is 0 Å². The molecular formula is C17H26N4O2. The first kappa shape index (κ1) is 17.4. The molecule has 0 saturated heterocycles. The molecule has 23 heavy (non-hydrogen) atoms. The van der Waals surface area contributed by atoms with Crippen molar-refractivity contribution in [2.75, 3.05) is 27.2 Å². The summed E-state index contributed by atoms with van der Waals surface area (Å²) in [6.45, 7) is 1.31. The minimum absolute atomic E-state index is 0.123. The minimum atomic E-state index is -0.251. The molecule has 0 bridgehead atoms.